The maximum Gasteiger partial charge on any atom is 0.161 e. The fraction of sp³-hybridized carbons (Fsp3) is 0.321. The van der Waals surface area contributed by atoms with Crippen molar-refractivity contribution in [1.82, 2.24) is 24.0 Å². The Morgan fingerprint density at radius 3 is 2.69 bits per heavy atom. The highest BCUT2D eigenvalue weighted by molar-refractivity contribution is 5.72. The summed E-state index contributed by atoms with van der Waals surface area (Å²) < 4.78 is 4.39. The molecule has 2 atom stereocenters. The van der Waals surface area contributed by atoms with E-state index in [2.05, 4.69) is 70.4 Å². The lowest BCUT2D eigenvalue weighted by Gasteiger charge is -2.21. The van der Waals surface area contributed by atoms with Gasteiger partial charge in [0.1, 0.15) is 5.82 Å². The molecule has 0 radical (unpaired) electrons. The fourth-order valence-corrected chi connectivity index (χ4v) is 5.49. The molecule has 1 aromatic carbocycles. The smallest absolute Gasteiger partial charge is 0.161 e. The number of hydrogen-bond donors (Lipinski definition) is 0. The first-order valence-electron chi connectivity index (χ1n) is 12.1. The Labute approximate surface area is 205 Å². The SMILES string of the molecule is C[C@@H]1CN(c2ccc3c(n2)Cn2cc(-c4ccc(C#N)cc4)cc2-c2nccn2-3)C[C@H]1CN(C)C. The van der Waals surface area contributed by atoms with E-state index in [1.165, 1.54) is 0 Å². The summed E-state index contributed by atoms with van der Waals surface area (Å²) in [5.41, 5.74) is 6.06. The molecule has 1 fully saturated rings. The van der Waals surface area contributed by atoms with Gasteiger partial charge in [-0.1, -0.05) is 19.1 Å². The zero-order valence-corrected chi connectivity index (χ0v) is 20.4. The van der Waals surface area contributed by atoms with Crippen LogP contribution in [0.5, 0.6) is 0 Å². The van der Waals surface area contributed by atoms with Gasteiger partial charge in [0.2, 0.25) is 0 Å². The van der Waals surface area contributed by atoms with E-state index < -0.39 is 0 Å². The van der Waals surface area contributed by atoms with Crippen molar-refractivity contribution in [2.24, 2.45) is 11.8 Å². The molecule has 5 heterocycles. The Morgan fingerprint density at radius 1 is 1.09 bits per heavy atom. The minimum Gasteiger partial charge on any atom is -0.356 e. The van der Waals surface area contributed by atoms with Crippen molar-refractivity contribution < 1.29 is 0 Å². The Balaban J connectivity index is 1.36. The van der Waals surface area contributed by atoms with Crippen molar-refractivity contribution in [3.63, 3.8) is 0 Å². The third kappa shape index (κ3) is 3.80. The maximum absolute atomic E-state index is 9.13. The van der Waals surface area contributed by atoms with Gasteiger partial charge in [-0.2, -0.15) is 5.26 Å². The monoisotopic (exact) mass is 463 g/mol. The van der Waals surface area contributed by atoms with Crippen LogP contribution in [0.1, 0.15) is 18.2 Å². The quantitative estimate of drug-likeness (QED) is 0.398. The van der Waals surface area contributed by atoms with Gasteiger partial charge in [-0.25, -0.2) is 9.97 Å². The average molecular weight is 464 g/mol. The fourth-order valence-electron chi connectivity index (χ4n) is 5.49. The first-order chi connectivity index (χ1) is 17.0. The van der Waals surface area contributed by atoms with Crippen molar-refractivity contribution in [1.29, 1.82) is 5.26 Å². The topological polar surface area (TPSA) is 65.9 Å². The van der Waals surface area contributed by atoms with Gasteiger partial charge < -0.3 is 14.4 Å². The van der Waals surface area contributed by atoms with Crippen LogP contribution in [-0.4, -0.2) is 57.7 Å². The molecule has 0 N–H and O–H groups in total. The summed E-state index contributed by atoms with van der Waals surface area (Å²) in [7, 11) is 4.30. The summed E-state index contributed by atoms with van der Waals surface area (Å²) in [5, 5.41) is 9.13. The van der Waals surface area contributed by atoms with E-state index in [9.17, 15) is 0 Å². The Hall–Kier alpha value is -3.89. The van der Waals surface area contributed by atoms with Crippen molar-refractivity contribution >= 4 is 5.82 Å². The molecule has 0 aliphatic carbocycles. The van der Waals surface area contributed by atoms with Crippen LogP contribution in [0.25, 0.3) is 28.3 Å². The van der Waals surface area contributed by atoms with Crippen molar-refractivity contribution in [3.8, 4) is 34.4 Å². The lowest BCUT2D eigenvalue weighted by atomic mass is 9.98. The van der Waals surface area contributed by atoms with Gasteiger partial charge in [0, 0.05) is 43.8 Å². The maximum atomic E-state index is 9.13. The molecule has 7 heteroatoms. The molecule has 0 unspecified atom stereocenters. The van der Waals surface area contributed by atoms with E-state index in [0.29, 0.717) is 23.9 Å². The summed E-state index contributed by atoms with van der Waals surface area (Å²) in [6, 6.07) is 16.5. The average Bonchev–Trinajstić information content (AvgIpc) is 3.56. The number of nitriles is 1. The van der Waals surface area contributed by atoms with Gasteiger partial charge in [-0.3, -0.25) is 4.57 Å². The molecular weight excluding hydrogens is 434 g/mol. The molecule has 0 bridgehead atoms. The van der Waals surface area contributed by atoms with Gasteiger partial charge in [0.25, 0.3) is 0 Å². The number of rotatable bonds is 4. The number of anilines is 1. The lowest BCUT2D eigenvalue weighted by molar-refractivity contribution is 0.301. The minimum absolute atomic E-state index is 0.643. The van der Waals surface area contributed by atoms with Crippen LogP contribution < -0.4 is 4.90 Å². The standard InChI is InChI=1S/C28H29N7/c1-19-14-34(17-23(19)15-32(2)3)27-9-8-25-24(31-27)18-33-16-22(21-6-4-20(13-29)5-7-21)12-26(33)28-30-10-11-35(25)28/h4-12,16,19,23H,14-15,17-18H2,1-3H3/t19-,23-/m1/s1. The van der Waals surface area contributed by atoms with E-state index in [0.717, 1.165) is 59.5 Å². The van der Waals surface area contributed by atoms with Gasteiger partial charge in [0.05, 0.1) is 35.3 Å². The molecule has 35 heavy (non-hydrogen) atoms. The van der Waals surface area contributed by atoms with Crippen molar-refractivity contribution in [3.05, 3.63) is 72.3 Å². The number of imidazole rings is 1. The van der Waals surface area contributed by atoms with E-state index >= 15 is 0 Å². The summed E-state index contributed by atoms with van der Waals surface area (Å²) in [6.45, 7) is 6.22. The third-order valence-electron chi connectivity index (χ3n) is 7.32. The highest BCUT2D eigenvalue weighted by Crippen LogP contribution is 2.35. The molecule has 0 amide bonds. The van der Waals surface area contributed by atoms with Gasteiger partial charge >= 0.3 is 0 Å². The normalized spacial score (nSPS) is 18.7. The molecule has 7 nitrogen and oxygen atoms in total. The number of nitrogens with zero attached hydrogens (tertiary/aromatic N) is 7. The van der Waals surface area contributed by atoms with Crippen LogP contribution in [0.15, 0.2) is 61.1 Å². The molecule has 4 aromatic rings. The highest BCUT2D eigenvalue weighted by atomic mass is 15.2. The molecule has 3 aromatic heterocycles. The second-order valence-corrected chi connectivity index (χ2v) is 10.1. The van der Waals surface area contributed by atoms with Gasteiger partial charge in [-0.05, 0) is 61.8 Å². The number of fused-ring (bicyclic) bond motifs is 5. The van der Waals surface area contributed by atoms with Crippen molar-refractivity contribution in [2.75, 3.05) is 38.6 Å². The number of hydrogen-bond acceptors (Lipinski definition) is 5. The molecule has 0 spiro atoms. The second-order valence-electron chi connectivity index (χ2n) is 10.1. The van der Waals surface area contributed by atoms with Crippen LogP contribution in [0.2, 0.25) is 0 Å². The zero-order chi connectivity index (χ0) is 24.1. The number of aromatic nitrogens is 4. The minimum atomic E-state index is 0.643. The summed E-state index contributed by atoms with van der Waals surface area (Å²) in [6.07, 6.45) is 6.04. The van der Waals surface area contributed by atoms with Gasteiger partial charge in [-0.15, -0.1) is 0 Å². The number of pyridine rings is 1. The molecule has 1 saturated heterocycles. The van der Waals surface area contributed by atoms with Gasteiger partial charge in [0.15, 0.2) is 5.82 Å². The second kappa shape index (κ2) is 8.40. The molecule has 2 aliphatic heterocycles. The lowest BCUT2D eigenvalue weighted by Crippen LogP contribution is -2.27. The number of benzene rings is 1. The van der Waals surface area contributed by atoms with Crippen LogP contribution in [0, 0.1) is 23.2 Å². The molecule has 0 saturated carbocycles. The van der Waals surface area contributed by atoms with E-state index in [1.54, 1.807) is 0 Å². The summed E-state index contributed by atoms with van der Waals surface area (Å²) >= 11 is 0. The Morgan fingerprint density at radius 2 is 1.91 bits per heavy atom. The van der Waals surface area contributed by atoms with E-state index in [4.69, 9.17) is 15.2 Å². The predicted octanol–water partition coefficient (Wildman–Crippen LogP) is 4.27. The Bertz CT molecular complexity index is 1420. The molecule has 176 valence electrons. The third-order valence-corrected chi connectivity index (χ3v) is 7.32. The molecule has 6 rings (SSSR count). The van der Waals surface area contributed by atoms with Crippen LogP contribution in [0.4, 0.5) is 5.82 Å². The zero-order valence-electron chi connectivity index (χ0n) is 20.4. The van der Waals surface area contributed by atoms with Crippen LogP contribution >= 0.6 is 0 Å². The van der Waals surface area contributed by atoms with Crippen LogP contribution in [-0.2, 0) is 6.54 Å². The van der Waals surface area contributed by atoms with E-state index in [-0.39, 0.29) is 0 Å². The summed E-state index contributed by atoms with van der Waals surface area (Å²) in [5.74, 6) is 3.27. The predicted molar refractivity (Wildman–Crippen MR) is 137 cm³/mol. The molecular formula is C28H29N7. The van der Waals surface area contributed by atoms with E-state index in [1.807, 2.05) is 36.7 Å². The van der Waals surface area contributed by atoms with Crippen LogP contribution in [0.3, 0.4) is 0 Å². The Kier molecular flexibility index (Phi) is 5.19. The first-order valence-corrected chi connectivity index (χ1v) is 12.1. The largest absolute Gasteiger partial charge is 0.356 e. The summed E-state index contributed by atoms with van der Waals surface area (Å²) in [4.78, 5) is 14.6. The molecule has 2 aliphatic rings. The first kappa shape index (κ1) is 21.6. The van der Waals surface area contributed by atoms with Crippen molar-refractivity contribution in [2.45, 2.75) is 13.5 Å². The highest BCUT2D eigenvalue weighted by Gasteiger charge is 2.31.